The number of fused-ring (bicyclic) bond motifs is 2. The number of nitrogens with zero attached hydrogens (tertiary/aromatic N) is 2. The molecule has 2 N–H and O–H groups in total. The van der Waals surface area contributed by atoms with Crippen molar-refractivity contribution < 1.29 is 4.79 Å². The Balaban J connectivity index is 1.62. The zero-order chi connectivity index (χ0) is 17.7. The number of carbonyl (C=O) groups excluding carboxylic acids is 1. The van der Waals surface area contributed by atoms with Gasteiger partial charge >= 0.3 is 0 Å². The van der Waals surface area contributed by atoms with Crippen LogP contribution in [0.3, 0.4) is 0 Å². The SMILES string of the molecule is CC1=CC=C2C=C(c3ccccc3)N(c3cnc4c(c3)CC(=O)N4)C2N1. The van der Waals surface area contributed by atoms with Crippen LogP contribution in [-0.2, 0) is 11.2 Å². The maximum Gasteiger partial charge on any atom is 0.230 e. The van der Waals surface area contributed by atoms with Gasteiger partial charge in [0.2, 0.25) is 5.91 Å². The quantitative estimate of drug-likeness (QED) is 0.880. The number of aromatic nitrogens is 1. The summed E-state index contributed by atoms with van der Waals surface area (Å²) in [6, 6.07) is 12.4. The van der Waals surface area contributed by atoms with E-state index in [-0.39, 0.29) is 12.1 Å². The van der Waals surface area contributed by atoms with Crippen LogP contribution in [0.1, 0.15) is 18.1 Å². The first-order valence-corrected chi connectivity index (χ1v) is 8.69. The predicted molar refractivity (Wildman–Crippen MR) is 102 cm³/mol. The molecule has 128 valence electrons. The van der Waals surface area contributed by atoms with E-state index >= 15 is 0 Å². The minimum atomic E-state index is 0.0000471. The molecule has 0 spiro atoms. The largest absolute Gasteiger partial charge is 0.365 e. The summed E-state index contributed by atoms with van der Waals surface area (Å²) in [5, 5.41) is 6.36. The first-order valence-electron chi connectivity index (χ1n) is 8.69. The van der Waals surface area contributed by atoms with E-state index in [0.29, 0.717) is 12.2 Å². The Morgan fingerprint density at radius 2 is 2.04 bits per heavy atom. The molecule has 4 heterocycles. The molecule has 0 aliphatic carbocycles. The molecule has 1 aromatic heterocycles. The molecule has 5 heteroatoms. The van der Waals surface area contributed by atoms with E-state index in [1.165, 1.54) is 5.57 Å². The average molecular weight is 342 g/mol. The highest BCUT2D eigenvalue weighted by atomic mass is 16.1. The zero-order valence-corrected chi connectivity index (χ0v) is 14.4. The van der Waals surface area contributed by atoms with Crippen molar-refractivity contribution in [3.05, 3.63) is 83.2 Å². The molecule has 0 bridgehead atoms. The van der Waals surface area contributed by atoms with Crippen LogP contribution in [-0.4, -0.2) is 17.1 Å². The average Bonchev–Trinajstić information content (AvgIpc) is 3.20. The van der Waals surface area contributed by atoms with Gasteiger partial charge in [-0.3, -0.25) is 4.79 Å². The zero-order valence-electron chi connectivity index (χ0n) is 14.4. The number of benzene rings is 1. The van der Waals surface area contributed by atoms with Crippen LogP contribution in [0.2, 0.25) is 0 Å². The number of hydrogen-bond donors (Lipinski definition) is 2. The van der Waals surface area contributed by atoms with Crippen molar-refractivity contribution in [3.8, 4) is 0 Å². The number of dihydropyridines is 1. The van der Waals surface area contributed by atoms with E-state index in [1.807, 2.05) is 24.4 Å². The van der Waals surface area contributed by atoms with Gasteiger partial charge in [-0.1, -0.05) is 36.4 Å². The molecule has 1 amide bonds. The van der Waals surface area contributed by atoms with Gasteiger partial charge in [0, 0.05) is 11.3 Å². The summed E-state index contributed by atoms with van der Waals surface area (Å²) in [4.78, 5) is 18.4. The molecule has 1 unspecified atom stereocenters. The molecule has 0 radical (unpaired) electrons. The minimum Gasteiger partial charge on any atom is -0.365 e. The molecular weight excluding hydrogens is 324 g/mol. The molecule has 1 aromatic carbocycles. The standard InChI is InChI=1S/C21H18N4O/c1-13-7-8-15-10-18(14-5-3-2-4-6-14)25(21(15)23-13)17-9-16-11-19(26)24-20(16)22-12-17/h2-10,12,21,23H,11H2,1H3,(H,22,24,26). The summed E-state index contributed by atoms with van der Waals surface area (Å²) in [6.07, 6.45) is 8.71. The maximum absolute atomic E-state index is 11.7. The Hall–Kier alpha value is -3.34. The maximum atomic E-state index is 11.7. The lowest BCUT2D eigenvalue weighted by Gasteiger charge is -2.33. The molecular formula is C21H18N4O. The fourth-order valence-electron chi connectivity index (χ4n) is 3.71. The van der Waals surface area contributed by atoms with E-state index in [4.69, 9.17) is 0 Å². The normalized spacial score (nSPS) is 20.5. The van der Waals surface area contributed by atoms with Crippen LogP contribution in [0.4, 0.5) is 11.5 Å². The second kappa shape index (κ2) is 5.59. The summed E-state index contributed by atoms with van der Waals surface area (Å²) in [5.41, 5.74) is 6.53. The Morgan fingerprint density at radius 3 is 2.88 bits per heavy atom. The number of allylic oxidation sites excluding steroid dienone is 3. The number of pyridine rings is 1. The molecule has 0 fully saturated rings. The van der Waals surface area contributed by atoms with Crippen molar-refractivity contribution in [1.29, 1.82) is 0 Å². The van der Waals surface area contributed by atoms with Gasteiger partial charge in [-0.2, -0.15) is 0 Å². The smallest absolute Gasteiger partial charge is 0.230 e. The Kier molecular flexibility index (Phi) is 3.22. The van der Waals surface area contributed by atoms with Crippen LogP contribution in [0.15, 0.2) is 72.1 Å². The second-order valence-electron chi connectivity index (χ2n) is 6.76. The van der Waals surface area contributed by atoms with E-state index in [1.54, 1.807) is 0 Å². The van der Waals surface area contributed by atoms with Gasteiger partial charge in [0.25, 0.3) is 0 Å². The monoisotopic (exact) mass is 342 g/mol. The fourth-order valence-corrected chi connectivity index (χ4v) is 3.71. The number of carbonyl (C=O) groups is 1. The summed E-state index contributed by atoms with van der Waals surface area (Å²) >= 11 is 0. The van der Waals surface area contributed by atoms with Gasteiger partial charge in [-0.15, -0.1) is 0 Å². The first-order chi connectivity index (χ1) is 12.7. The van der Waals surface area contributed by atoms with Crippen molar-refractivity contribution in [2.75, 3.05) is 10.2 Å². The topological polar surface area (TPSA) is 57.3 Å². The first kappa shape index (κ1) is 15.0. The van der Waals surface area contributed by atoms with E-state index in [0.717, 1.165) is 28.2 Å². The molecule has 3 aliphatic heterocycles. The summed E-state index contributed by atoms with van der Waals surface area (Å²) in [6.45, 7) is 2.06. The second-order valence-corrected chi connectivity index (χ2v) is 6.76. The van der Waals surface area contributed by atoms with E-state index < -0.39 is 0 Å². The lowest BCUT2D eigenvalue weighted by Crippen LogP contribution is -2.43. The van der Waals surface area contributed by atoms with Crippen molar-refractivity contribution in [1.82, 2.24) is 10.3 Å². The van der Waals surface area contributed by atoms with Gasteiger partial charge in [0.1, 0.15) is 12.0 Å². The van der Waals surface area contributed by atoms with Gasteiger partial charge in [-0.25, -0.2) is 4.98 Å². The van der Waals surface area contributed by atoms with E-state index in [9.17, 15) is 4.79 Å². The summed E-state index contributed by atoms with van der Waals surface area (Å²) in [7, 11) is 0. The molecule has 0 saturated carbocycles. The Bertz CT molecular complexity index is 1000. The van der Waals surface area contributed by atoms with Crippen LogP contribution >= 0.6 is 0 Å². The number of rotatable bonds is 2. The molecule has 1 atom stereocenters. The Labute approximate surface area is 151 Å². The highest BCUT2D eigenvalue weighted by Crippen LogP contribution is 2.39. The fraction of sp³-hybridized carbons (Fsp3) is 0.143. The molecule has 5 rings (SSSR count). The lowest BCUT2D eigenvalue weighted by molar-refractivity contribution is -0.115. The van der Waals surface area contributed by atoms with Gasteiger partial charge < -0.3 is 15.5 Å². The van der Waals surface area contributed by atoms with Crippen LogP contribution in [0.25, 0.3) is 5.70 Å². The van der Waals surface area contributed by atoms with E-state index in [2.05, 4.69) is 63.9 Å². The summed E-state index contributed by atoms with van der Waals surface area (Å²) < 4.78 is 0. The molecule has 5 nitrogen and oxygen atoms in total. The third-order valence-electron chi connectivity index (χ3n) is 4.94. The summed E-state index contributed by atoms with van der Waals surface area (Å²) in [5.74, 6) is 0.673. The molecule has 0 saturated heterocycles. The number of hydrogen-bond acceptors (Lipinski definition) is 4. The number of nitrogens with one attached hydrogen (secondary N) is 2. The highest BCUT2D eigenvalue weighted by molar-refractivity contribution is 5.98. The number of amides is 1. The van der Waals surface area contributed by atoms with Gasteiger partial charge in [0.15, 0.2) is 0 Å². The lowest BCUT2D eigenvalue weighted by atomic mass is 10.1. The molecule has 3 aliphatic rings. The van der Waals surface area contributed by atoms with Crippen molar-refractivity contribution in [2.45, 2.75) is 19.5 Å². The van der Waals surface area contributed by atoms with Crippen LogP contribution < -0.4 is 15.5 Å². The number of anilines is 2. The minimum absolute atomic E-state index is 0.0000471. The van der Waals surface area contributed by atoms with Crippen molar-refractivity contribution >= 4 is 23.1 Å². The third-order valence-corrected chi connectivity index (χ3v) is 4.94. The van der Waals surface area contributed by atoms with Crippen molar-refractivity contribution in [3.63, 3.8) is 0 Å². The third kappa shape index (κ3) is 2.32. The van der Waals surface area contributed by atoms with Crippen molar-refractivity contribution in [2.24, 2.45) is 0 Å². The predicted octanol–water partition coefficient (Wildman–Crippen LogP) is 3.20. The van der Waals surface area contributed by atoms with Crippen LogP contribution in [0.5, 0.6) is 0 Å². The van der Waals surface area contributed by atoms with Gasteiger partial charge in [0.05, 0.1) is 24.0 Å². The van der Waals surface area contributed by atoms with Gasteiger partial charge in [-0.05, 0) is 36.3 Å². The molecule has 2 aromatic rings. The Morgan fingerprint density at radius 1 is 1.19 bits per heavy atom. The highest BCUT2D eigenvalue weighted by Gasteiger charge is 2.34. The molecule has 26 heavy (non-hydrogen) atoms. The van der Waals surface area contributed by atoms with Crippen LogP contribution in [0, 0.1) is 0 Å².